The van der Waals surface area contributed by atoms with Gasteiger partial charge in [-0.05, 0) is 0 Å². The number of ether oxygens (including phenoxy) is 1. The lowest BCUT2D eigenvalue weighted by atomic mass is 10.0. The maximum atomic E-state index is 13.1. The standard InChI is InChI=1S/C12H8F18O/c13-5(14,7(17,18)9(21,22)11(25,26)27)1-3-31-4-2-6(15,16)8(19,20)10(23,24)12(28,29)30/h1-4H2. The van der Waals surface area contributed by atoms with Crippen LogP contribution in [0, 0.1) is 0 Å². The molecule has 0 radical (unpaired) electrons. The highest BCUT2D eigenvalue weighted by molar-refractivity contribution is 5.01. The van der Waals surface area contributed by atoms with Gasteiger partial charge in [0.1, 0.15) is 0 Å². The molecule has 0 saturated carbocycles. The van der Waals surface area contributed by atoms with E-state index < -0.39 is 73.9 Å². The van der Waals surface area contributed by atoms with Crippen LogP contribution >= 0.6 is 0 Å². The molecule has 0 atom stereocenters. The molecule has 0 heterocycles. The Kier molecular flexibility index (Phi) is 7.89. The maximum Gasteiger partial charge on any atom is 0.460 e. The lowest BCUT2D eigenvalue weighted by Crippen LogP contribution is -2.61. The molecule has 0 aliphatic rings. The van der Waals surface area contributed by atoms with Crippen molar-refractivity contribution in [2.45, 2.75) is 60.7 Å². The molecule has 0 saturated heterocycles. The molecule has 19 heteroatoms. The first kappa shape index (κ1) is 29.7. The van der Waals surface area contributed by atoms with Gasteiger partial charge in [-0.15, -0.1) is 0 Å². The molecule has 0 rings (SSSR count). The number of alkyl halides is 18. The molecular weight excluding hydrogens is 502 g/mol. The average Bonchev–Trinajstić information content (AvgIpc) is 2.51. The summed E-state index contributed by atoms with van der Waals surface area (Å²) in [4.78, 5) is 0. The minimum atomic E-state index is -7.28. The van der Waals surface area contributed by atoms with E-state index in [2.05, 4.69) is 4.74 Å². The molecule has 0 aliphatic heterocycles. The summed E-state index contributed by atoms with van der Waals surface area (Å²) >= 11 is 0. The summed E-state index contributed by atoms with van der Waals surface area (Å²) in [6, 6.07) is 0. The lowest BCUT2D eigenvalue weighted by Gasteiger charge is -2.34. The first-order valence-corrected chi connectivity index (χ1v) is 7.19. The number of rotatable bonds is 10. The summed E-state index contributed by atoms with van der Waals surface area (Å²) < 4.78 is 229. The van der Waals surface area contributed by atoms with Crippen molar-refractivity contribution >= 4 is 0 Å². The molecule has 1 nitrogen and oxygen atoms in total. The fourth-order valence-electron chi connectivity index (χ4n) is 1.63. The van der Waals surface area contributed by atoms with Gasteiger partial charge in [0.2, 0.25) is 0 Å². The first-order chi connectivity index (χ1) is 13.2. The zero-order valence-corrected chi connectivity index (χ0v) is 14.0. The van der Waals surface area contributed by atoms with Gasteiger partial charge in [0, 0.05) is 12.8 Å². The van der Waals surface area contributed by atoms with Gasteiger partial charge < -0.3 is 4.74 Å². The predicted molar refractivity (Wildman–Crippen MR) is 61.8 cm³/mol. The zero-order chi connectivity index (χ0) is 25.5. The fourth-order valence-corrected chi connectivity index (χ4v) is 1.63. The number of hydrogen-bond acceptors (Lipinski definition) is 1. The van der Waals surface area contributed by atoms with E-state index in [0.717, 1.165) is 0 Å². The van der Waals surface area contributed by atoms with Crippen LogP contribution in [0.25, 0.3) is 0 Å². The summed E-state index contributed by atoms with van der Waals surface area (Å²) in [5, 5.41) is 0. The normalized spacial score (nSPS) is 16.1. The largest absolute Gasteiger partial charge is 0.460 e. The van der Waals surface area contributed by atoms with Crippen molar-refractivity contribution in [3.8, 4) is 0 Å². The van der Waals surface area contributed by atoms with Gasteiger partial charge in [-0.2, -0.15) is 79.0 Å². The smallest absolute Gasteiger partial charge is 0.381 e. The van der Waals surface area contributed by atoms with Crippen molar-refractivity contribution in [2.24, 2.45) is 0 Å². The van der Waals surface area contributed by atoms with Crippen molar-refractivity contribution < 1.29 is 83.8 Å². The molecule has 31 heavy (non-hydrogen) atoms. The predicted octanol–water partition coefficient (Wildman–Crippen LogP) is 6.72. The Morgan fingerprint density at radius 3 is 0.774 bits per heavy atom. The Morgan fingerprint density at radius 1 is 0.355 bits per heavy atom. The summed E-state index contributed by atoms with van der Waals surface area (Å²) in [5.41, 5.74) is 0. The molecule has 0 aliphatic carbocycles. The van der Waals surface area contributed by atoms with Gasteiger partial charge in [0.05, 0.1) is 13.2 Å². The second-order valence-corrected chi connectivity index (χ2v) is 5.81. The molecule has 188 valence electrons. The Morgan fingerprint density at radius 2 is 0.581 bits per heavy atom. The van der Waals surface area contributed by atoms with Gasteiger partial charge in [-0.3, -0.25) is 0 Å². The Balaban J connectivity index is 5.10. The van der Waals surface area contributed by atoms with Crippen molar-refractivity contribution in [1.82, 2.24) is 0 Å². The van der Waals surface area contributed by atoms with E-state index in [0.29, 0.717) is 0 Å². The van der Waals surface area contributed by atoms with Gasteiger partial charge in [-0.25, -0.2) is 0 Å². The van der Waals surface area contributed by atoms with Crippen LogP contribution in [0.4, 0.5) is 79.0 Å². The van der Waals surface area contributed by atoms with E-state index in [9.17, 15) is 79.0 Å². The number of hydrogen-bond donors (Lipinski definition) is 0. The third-order valence-corrected chi connectivity index (χ3v) is 3.54. The zero-order valence-electron chi connectivity index (χ0n) is 14.0. The summed E-state index contributed by atoms with van der Waals surface area (Å²) in [6.07, 6.45) is -19.8. The Hall–Kier alpha value is -1.30. The highest BCUT2D eigenvalue weighted by Crippen LogP contribution is 2.55. The molecular formula is C12H8F18O. The van der Waals surface area contributed by atoms with Crippen LogP contribution < -0.4 is 0 Å². The van der Waals surface area contributed by atoms with Crippen LogP contribution in [-0.4, -0.2) is 61.1 Å². The first-order valence-electron chi connectivity index (χ1n) is 7.19. The van der Waals surface area contributed by atoms with Crippen molar-refractivity contribution in [3.05, 3.63) is 0 Å². The molecule has 0 fully saturated rings. The maximum absolute atomic E-state index is 13.1. The molecule has 0 aromatic carbocycles. The van der Waals surface area contributed by atoms with Gasteiger partial charge >= 0.3 is 47.9 Å². The van der Waals surface area contributed by atoms with Crippen LogP contribution in [0.5, 0.6) is 0 Å². The van der Waals surface area contributed by atoms with Crippen molar-refractivity contribution in [1.29, 1.82) is 0 Å². The molecule has 0 amide bonds. The van der Waals surface area contributed by atoms with Crippen LogP contribution in [-0.2, 0) is 4.74 Å². The molecule has 0 aromatic heterocycles. The number of halogens is 18. The molecule has 0 N–H and O–H groups in total. The highest BCUT2D eigenvalue weighted by Gasteiger charge is 2.82. The summed E-state index contributed by atoms with van der Waals surface area (Å²) in [6.45, 7) is -4.15. The van der Waals surface area contributed by atoms with E-state index in [-0.39, 0.29) is 0 Å². The van der Waals surface area contributed by atoms with E-state index in [1.807, 2.05) is 0 Å². The molecule has 0 bridgehead atoms. The molecule has 0 spiro atoms. The van der Waals surface area contributed by atoms with Gasteiger partial charge in [-0.1, -0.05) is 0 Å². The van der Waals surface area contributed by atoms with Crippen LogP contribution in [0.15, 0.2) is 0 Å². The minimum Gasteiger partial charge on any atom is -0.381 e. The highest BCUT2D eigenvalue weighted by atomic mass is 19.4. The van der Waals surface area contributed by atoms with E-state index in [4.69, 9.17) is 0 Å². The molecule has 0 aromatic rings. The summed E-state index contributed by atoms with van der Waals surface area (Å²) in [7, 11) is 0. The monoisotopic (exact) mass is 510 g/mol. The topological polar surface area (TPSA) is 9.23 Å². The van der Waals surface area contributed by atoms with Crippen molar-refractivity contribution in [3.63, 3.8) is 0 Å². The fraction of sp³-hybridized carbons (Fsp3) is 1.00. The Labute approximate surface area is 159 Å². The second-order valence-electron chi connectivity index (χ2n) is 5.81. The summed E-state index contributed by atoms with van der Waals surface area (Å²) in [5.74, 6) is -41.1. The van der Waals surface area contributed by atoms with E-state index >= 15 is 0 Å². The third kappa shape index (κ3) is 5.20. The van der Waals surface area contributed by atoms with E-state index in [1.165, 1.54) is 0 Å². The minimum absolute atomic E-state index is 2.08. The van der Waals surface area contributed by atoms with Gasteiger partial charge in [0.15, 0.2) is 0 Å². The van der Waals surface area contributed by atoms with Crippen LogP contribution in [0.3, 0.4) is 0 Å². The second kappa shape index (κ2) is 8.24. The van der Waals surface area contributed by atoms with Crippen LogP contribution in [0.2, 0.25) is 0 Å². The average molecular weight is 510 g/mol. The lowest BCUT2D eigenvalue weighted by molar-refractivity contribution is -0.398. The van der Waals surface area contributed by atoms with E-state index in [1.54, 1.807) is 0 Å². The van der Waals surface area contributed by atoms with Gasteiger partial charge in [0.25, 0.3) is 0 Å². The van der Waals surface area contributed by atoms with Crippen molar-refractivity contribution in [2.75, 3.05) is 13.2 Å². The Bertz CT molecular complexity index is 548. The van der Waals surface area contributed by atoms with Crippen LogP contribution in [0.1, 0.15) is 12.8 Å². The quantitative estimate of drug-likeness (QED) is 0.234. The SMILES string of the molecule is FC(F)(F)C(F)(F)C(F)(F)C(F)(F)CCOCCC(F)(F)C(F)(F)C(F)(F)C(F)(F)F. The molecule has 0 unspecified atom stereocenters. The third-order valence-electron chi connectivity index (χ3n) is 3.54.